The van der Waals surface area contributed by atoms with E-state index in [1.54, 1.807) is 6.92 Å². The molecule has 50 heavy (non-hydrogen) atoms. The summed E-state index contributed by atoms with van der Waals surface area (Å²) >= 11 is 0. The number of H-pyrrole nitrogens is 1. The second-order valence-corrected chi connectivity index (χ2v) is 12.4. The predicted octanol–water partition coefficient (Wildman–Crippen LogP) is 5.71. The number of amides is 3. The number of benzene rings is 4. The summed E-state index contributed by atoms with van der Waals surface area (Å²) in [5, 5.41) is 9.57. The van der Waals surface area contributed by atoms with Crippen molar-refractivity contribution in [3.63, 3.8) is 0 Å². The number of hydrogen-bond donors (Lipinski definition) is 4. The van der Waals surface area contributed by atoms with Crippen LogP contribution in [0.1, 0.15) is 41.1 Å². The summed E-state index contributed by atoms with van der Waals surface area (Å²) < 4.78 is 10.4. The number of aromatic amines is 1. The number of aromatic nitrogens is 1. The number of rotatable bonds is 12. The lowest BCUT2D eigenvalue weighted by Gasteiger charge is -2.30. The number of carbonyl (C=O) groups excluding carboxylic acids is 4. The number of methoxy groups -OCH3 is 1. The minimum Gasteiger partial charge on any atom is -0.466 e. The summed E-state index contributed by atoms with van der Waals surface area (Å²) in [5.41, 5.74) is 5.39. The average Bonchev–Trinajstić information content (AvgIpc) is 3.69. The fourth-order valence-electron chi connectivity index (χ4n) is 6.46. The smallest absolute Gasteiger partial charge is 0.408 e. The van der Waals surface area contributed by atoms with Gasteiger partial charge in [-0.25, -0.2) is 9.59 Å². The van der Waals surface area contributed by atoms with Crippen molar-refractivity contribution in [2.75, 3.05) is 20.3 Å². The van der Waals surface area contributed by atoms with Crippen molar-refractivity contribution in [3.8, 4) is 11.1 Å². The molecule has 0 saturated heterocycles. The zero-order chi connectivity index (χ0) is 35.1. The zero-order valence-corrected chi connectivity index (χ0v) is 27.8. The van der Waals surface area contributed by atoms with Crippen molar-refractivity contribution in [2.45, 2.75) is 30.8 Å². The Morgan fingerprint density at radius 1 is 0.840 bits per heavy atom. The molecule has 0 radical (unpaired) electrons. The van der Waals surface area contributed by atoms with Gasteiger partial charge in [0.2, 0.25) is 11.8 Å². The van der Waals surface area contributed by atoms with Crippen LogP contribution in [-0.4, -0.2) is 54.7 Å². The molecule has 10 heteroatoms. The molecule has 0 aliphatic heterocycles. The first-order valence-electron chi connectivity index (χ1n) is 16.3. The third-order valence-corrected chi connectivity index (χ3v) is 9.00. The number of alkyl carbamates (subject to hydrolysis) is 1. The van der Waals surface area contributed by atoms with E-state index < -0.39 is 35.5 Å². The summed E-state index contributed by atoms with van der Waals surface area (Å²) in [6, 6.07) is 32.4. The molecular weight excluding hydrogens is 632 g/mol. The molecule has 4 N–H and O–H groups in total. The molecule has 3 amide bonds. The molecule has 4 aromatic carbocycles. The quantitative estimate of drug-likeness (QED) is 0.0991. The van der Waals surface area contributed by atoms with Crippen molar-refractivity contribution < 1.29 is 28.7 Å². The molecule has 0 fully saturated rings. The van der Waals surface area contributed by atoms with E-state index in [4.69, 9.17) is 4.74 Å². The molecule has 0 unspecified atom stereocenters. The fraction of sp³-hybridized carbons (Fsp3) is 0.200. The van der Waals surface area contributed by atoms with Gasteiger partial charge in [-0.15, -0.1) is 0 Å². The van der Waals surface area contributed by atoms with Crippen LogP contribution >= 0.6 is 0 Å². The third-order valence-electron chi connectivity index (χ3n) is 9.00. The summed E-state index contributed by atoms with van der Waals surface area (Å²) in [6.07, 6.45) is 3.34. The molecule has 1 aliphatic rings. The monoisotopic (exact) mass is 670 g/mol. The van der Waals surface area contributed by atoms with Crippen molar-refractivity contribution >= 4 is 34.8 Å². The maximum atomic E-state index is 14.1. The molecule has 1 heterocycles. The topological polar surface area (TPSA) is 139 Å². The number of esters is 1. The third kappa shape index (κ3) is 7.44. The Morgan fingerprint density at radius 2 is 1.48 bits per heavy atom. The van der Waals surface area contributed by atoms with E-state index in [1.165, 1.54) is 7.11 Å². The van der Waals surface area contributed by atoms with Crippen LogP contribution in [0.5, 0.6) is 0 Å². The summed E-state index contributed by atoms with van der Waals surface area (Å²) in [6.45, 7) is 1.74. The Balaban J connectivity index is 1.21. The first-order valence-corrected chi connectivity index (χ1v) is 16.3. The first kappa shape index (κ1) is 33.7. The van der Waals surface area contributed by atoms with E-state index in [1.807, 2.05) is 97.2 Å². The maximum Gasteiger partial charge on any atom is 0.408 e. The molecule has 0 spiro atoms. The Bertz CT molecular complexity index is 2010. The predicted molar refractivity (Wildman–Crippen MR) is 190 cm³/mol. The molecular formula is C40H38N4O6. The number of carbonyl (C=O) groups is 4. The molecule has 0 bridgehead atoms. The van der Waals surface area contributed by atoms with Gasteiger partial charge in [0.1, 0.15) is 12.1 Å². The standard InChI is InChI=1S/C40H38N4O6/c1-40(22-27-23-41-34-19-11-10-14-28(27)34,38(47)42-24-35(26-12-4-3-5-13-26)43-36(45)20-21-37(46)49-2)44-39(48)50-25-33-31-17-8-6-15-29(31)30-16-7-9-18-32(30)33/h3-21,23,33,35,41H,22,24-25H2,1-2H3,(H,42,47)(H,43,45)(H,44,48)/b21-20+/t35-,40+/m0/s1. The van der Waals surface area contributed by atoms with Crippen LogP contribution in [0.3, 0.4) is 0 Å². The first-order chi connectivity index (χ1) is 24.3. The maximum absolute atomic E-state index is 14.1. The van der Waals surface area contributed by atoms with Gasteiger partial charge in [-0.1, -0.05) is 97.1 Å². The number of hydrogen-bond acceptors (Lipinski definition) is 6. The number of para-hydroxylation sites is 1. The largest absolute Gasteiger partial charge is 0.466 e. The second kappa shape index (κ2) is 14.9. The molecule has 10 nitrogen and oxygen atoms in total. The summed E-state index contributed by atoms with van der Waals surface area (Å²) in [4.78, 5) is 55.2. The number of nitrogens with one attached hydrogen (secondary N) is 4. The van der Waals surface area contributed by atoms with Gasteiger partial charge in [0.15, 0.2) is 0 Å². The van der Waals surface area contributed by atoms with Gasteiger partial charge < -0.3 is 30.4 Å². The van der Waals surface area contributed by atoms with Crippen molar-refractivity contribution in [1.29, 1.82) is 0 Å². The lowest BCUT2D eigenvalue weighted by Crippen LogP contribution is -2.59. The van der Waals surface area contributed by atoms with Crippen LogP contribution in [0, 0.1) is 0 Å². The average molecular weight is 671 g/mol. The highest BCUT2D eigenvalue weighted by Crippen LogP contribution is 2.44. The van der Waals surface area contributed by atoms with Gasteiger partial charge in [-0.05, 0) is 46.4 Å². The Morgan fingerprint density at radius 3 is 2.18 bits per heavy atom. The molecule has 5 aromatic rings. The number of fused-ring (bicyclic) bond motifs is 4. The molecule has 1 aliphatic carbocycles. The zero-order valence-electron chi connectivity index (χ0n) is 27.8. The molecule has 6 rings (SSSR count). The minimum absolute atomic E-state index is 0.00348. The Hall–Kier alpha value is -6.16. The number of ether oxygens (including phenoxy) is 2. The van der Waals surface area contributed by atoms with Crippen molar-refractivity contribution in [2.24, 2.45) is 0 Å². The highest BCUT2D eigenvalue weighted by Gasteiger charge is 2.38. The van der Waals surface area contributed by atoms with Crippen LogP contribution in [0.15, 0.2) is 121 Å². The molecule has 254 valence electrons. The van der Waals surface area contributed by atoms with Gasteiger partial charge in [-0.3, -0.25) is 9.59 Å². The lowest BCUT2D eigenvalue weighted by atomic mass is 9.91. The van der Waals surface area contributed by atoms with E-state index in [9.17, 15) is 19.2 Å². The van der Waals surface area contributed by atoms with E-state index >= 15 is 0 Å². The minimum atomic E-state index is -1.45. The van der Waals surface area contributed by atoms with Gasteiger partial charge in [-0.2, -0.15) is 0 Å². The molecule has 0 saturated carbocycles. The van der Waals surface area contributed by atoms with Crippen molar-refractivity contribution in [1.82, 2.24) is 20.9 Å². The van der Waals surface area contributed by atoms with Crippen LogP contribution in [0.25, 0.3) is 22.0 Å². The highest BCUT2D eigenvalue weighted by atomic mass is 16.5. The van der Waals surface area contributed by atoms with Gasteiger partial charge in [0.05, 0.1) is 13.2 Å². The van der Waals surface area contributed by atoms with E-state index in [2.05, 4.69) is 37.8 Å². The second-order valence-electron chi connectivity index (χ2n) is 12.4. The molecule has 1 aromatic heterocycles. The van der Waals surface area contributed by atoms with Gasteiger partial charge in [0.25, 0.3) is 0 Å². The van der Waals surface area contributed by atoms with E-state index in [-0.39, 0.29) is 25.5 Å². The highest BCUT2D eigenvalue weighted by molar-refractivity contribution is 5.95. The van der Waals surface area contributed by atoms with Crippen LogP contribution in [0.2, 0.25) is 0 Å². The van der Waals surface area contributed by atoms with Gasteiger partial charge >= 0.3 is 12.1 Å². The summed E-state index contributed by atoms with van der Waals surface area (Å²) in [7, 11) is 1.22. The molecule has 2 atom stereocenters. The Kier molecular flexibility index (Phi) is 10.1. The van der Waals surface area contributed by atoms with E-state index in [0.717, 1.165) is 56.4 Å². The van der Waals surface area contributed by atoms with Gasteiger partial charge in [0, 0.05) is 48.1 Å². The normalized spacial score (nSPS) is 13.9. The lowest BCUT2D eigenvalue weighted by molar-refractivity contribution is -0.135. The van der Waals surface area contributed by atoms with Crippen LogP contribution < -0.4 is 16.0 Å². The fourth-order valence-corrected chi connectivity index (χ4v) is 6.46. The van der Waals surface area contributed by atoms with Crippen molar-refractivity contribution in [3.05, 3.63) is 144 Å². The Labute approximate surface area is 289 Å². The summed E-state index contributed by atoms with van der Waals surface area (Å²) in [5.74, 6) is -1.84. The van der Waals surface area contributed by atoms with Crippen LogP contribution in [0.4, 0.5) is 4.79 Å². The SMILES string of the molecule is COC(=O)/C=C/C(=O)N[C@@H](CNC(=O)[C@@](C)(Cc1c[nH]c2ccccc12)NC(=O)OCC1c2ccccc2-c2ccccc21)c1ccccc1. The van der Waals surface area contributed by atoms with E-state index in [0.29, 0.717) is 0 Å². The van der Waals surface area contributed by atoms with Crippen LogP contribution in [-0.2, 0) is 30.3 Å².